The summed E-state index contributed by atoms with van der Waals surface area (Å²) in [5.74, 6) is 0.0331. The minimum absolute atomic E-state index is 0.197. The number of halogens is 1. The van der Waals surface area contributed by atoms with Crippen molar-refractivity contribution in [3.8, 4) is 0 Å². The maximum atomic E-state index is 14.5. The normalized spacial score (nSPS) is 25.0. The highest BCUT2D eigenvalue weighted by Crippen LogP contribution is 2.39. The van der Waals surface area contributed by atoms with Crippen molar-refractivity contribution in [2.45, 2.75) is 32.1 Å². The van der Waals surface area contributed by atoms with Gasteiger partial charge < -0.3 is 15.1 Å². The van der Waals surface area contributed by atoms with Crippen molar-refractivity contribution >= 4 is 17.8 Å². The number of hydrogen-bond donors (Lipinski definition) is 2. The van der Waals surface area contributed by atoms with E-state index in [2.05, 4.69) is 20.8 Å². The summed E-state index contributed by atoms with van der Waals surface area (Å²) in [5, 5.41) is 14.0. The summed E-state index contributed by atoms with van der Waals surface area (Å²) in [5.41, 5.74) is 1.97. The lowest BCUT2D eigenvalue weighted by Crippen LogP contribution is -2.50. The van der Waals surface area contributed by atoms with Crippen LogP contribution in [-0.2, 0) is 13.1 Å². The van der Waals surface area contributed by atoms with Crippen LogP contribution in [0.15, 0.2) is 36.4 Å². The van der Waals surface area contributed by atoms with Crippen LogP contribution in [0.5, 0.6) is 0 Å². The van der Waals surface area contributed by atoms with Crippen molar-refractivity contribution in [1.82, 2.24) is 25.3 Å². The molecule has 0 bridgehead atoms. The number of carbonyl (C=O) groups excluding carboxylic acids is 2. The SMILES string of the molecule is O=C(Nc1ccc(C(=O)N2CCC3(CNCCC3F)C2)nn1)N1Cc2ccccc2C1. The average Bonchev–Trinajstić information content (AvgIpc) is 3.41. The highest BCUT2D eigenvalue weighted by atomic mass is 19.1. The van der Waals surface area contributed by atoms with E-state index in [1.807, 2.05) is 24.3 Å². The van der Waals surface area contributed by atoms with Crippen molar-refractivity contribution in [1.29, 1.82) is 0 Å². The number of rotatable bonds is 2. The molecule has 9 heteroatoms. The monoisotopic (exact) mass is 424 g/mol. The lowest BCUT2D eigenvalue weighted by molar-refractivity contribution is 0.0618. The van der Waals surface area contributed by atoms with Crippen LogP contribution in [0.2, 0.25) is 0 Å². The molecule has 0 aliphatic carbocycles. The Kier molecular flexibility index (Phi) is 5.05. The lowest BCUT2D eigenvalue weighted by atomic mass is 9.78. The van der Waals surface area contributed by atoms with Gasteiger partial charge in [-0.1, -0.05) is 24.3 Å². The number of nitrogens with zero attached hydrogens (tertiary/aromatic N) is 4. The Hall–Kier alpha value is -3.07. The van der Waals surface area contributed by atoms with Gasteiger partial charge in [0.1, 0.15) is 6.17 Å². The fourth-order valence-corrected chi connectivity index (χ4v) is 4.79. The van der Waals surface area contributed by atoms with Crippen LogP contribution in [0.4, 0.5) is 15.0 Å². The first-order valence-corrected chi connectivity index (χ1v) is 10.6. The fourth-order valence-electron chi connectivity index (χ4n) is 4.79. The first-order valence-electron chi connectivity index (χ1n) is 10.6. The zero-order valence-corrected chi connectivity index (χ0v) is 17.2. The Balaban J connectivity index is 1.19. The van der Waals surface area contributed by atoms with Crippen LogP contribution in [0.3, 0.4) is 0 Å². The minimum atomic E-state index is -0.896. The van der Waals surface area contributed by atoms with Crippen LogP contribution in [-0.4, -0.2) is 64.3 Å². The fraction of sp³-hybridized carbons (Fsp3) is 0.455. The molecular formula is C22H25FN6O2. The number of likely N-dealkylation sites (tertiary alicyclic amines) is 1. The third kappa shape index (κ3) is 3.74. The molecule has 3 amide bonds. The van der Waals surface area contributed by atoms with Crippen molar-refractivity contribution in [3.63, 3.8) is 0 Å². The van der Waals surface area contributed by atoms with Gasteiger partial charge in [0.2, 0.25) is 0 Å². The number of urea groups is 1. The first kappa shape index (κ1) is 19.9. The number of anilines is 1. The van der Waals surface area contributed by atoms with Crippen molar-refractivity contribution < 1.29 is 14.0 Å². The Morgan fingerprint density at radius 3 is 2.55 bits per heavy atom. The zero-order valence-electron chi connectivity index (χ0n) is 17.2. The van der Waals surface area contributed by atoms with Crippen LogP contribution in [0, 0.1) is 5.41 Å². The summed E-state index contributed by atoms with van der Waals surface area (Å²) in [6.07, 6.45) is 0.234. The van der Waals surface area contributed by atoms with E-state index in [-0.39, 0.29) is 23.5 Å². The van der Waals surface area contributed by atoms with Crippen LogP contribution >= 0.6 is 0 Å². The maximum absolute atomic E-state index is 14.5. The number of carbonyl (C=O) groups is 2. The molecule has 31 heavy (non-hydrogen) atoms. The number of fused-ring (bicyclic) bond motifs is 1. The van der Waals surface area contributed by atoms with E-state index < -0.39 is 11.6 Å². The second-order valence-electron chi connectivity index (χ2n) is 8.63. The lowest BCUT2D eigenvalue weighted by Gasteiger charge is -2.37. The molecule has 1 aromatic heterocycles. The minimum Gasteiger partial charge on any atom is -0.337 e. The molecule has 2 unspecified atom stereocenters. The molecule has 2 atom stereocenters. The molecule has 5 rings (SSSR count). The molecule has 0 radical (unpaired) electrons. The molecule has 3 aliphatic heterocycles. The van der Waals surface area contributed by atoms with Gasteiger partial charge in [-0.15, -0.1) is 10.2 Å². The van der Waals surface area contributed by atoms with Crippen LogP contribution < -0.4 is 10.6 Å². The molecule has 162 valence electrons. The molecule has 2 aromatic rings. The number of benzene rings is 1. The van der Waals surface area contributed by atoms with E-state index in [4.69, 9.17) is 0 Å². The van der Waals surface area contributed by atoms with Gasteiger partial charge in [-0.05, 0) is 42.6 Å². The van der Waals surface area contributed by atoms with Gasteiger partial charge in [0.25, 0.3) is 5.91 Å². The summed E-state index contributed by atoms with van der Waals surface area (Å²) in [7, 11) is 0. The average molecular weight is 424 g/mol. The summed E-state index contributed by atoms with van der Waals surface area (Å²) in [6, 6.07) is 10.8. The number of piperidine rings is 1. The van der Waals surface area contributed by atoms with Gasteiger partial charge in [-0.3, -0.25) is 10.1 Å². The Morgan fingerprint density at radius 1 is 1.10 bits per heavy atom. The van der Waals surface area contributed by atoms with E-state index in [0.29, 0.717) is 52.1 Å². The van der Waals surface area contributed by atoms with Crippen molar-refractivity contribution in [2.75, 3.05) is 31.5 Å². The zero-order chi connectivity index (χ0) is 21.4. The smallest absolute Gasteiger partial charge is 0.323 e. The van der Waals surface area contributed by atoms with Gasteiger partial charge in [0.05, 0.1) is 0 Å². The molecule has 3 aliphatic rings. The quantitative estimate of drug-likeness (QED) is 0.771. The summed E-state index contributed by atoms with van der Waals surface area (Å²) in [4.78, 5) is 28.7. The molecule has 1 aromatic carbocycles. The number of aromatic nitrogens is 2. The van der Waals surface area contributed by atoms with E-state index >= 15 is 0 Å². The Labute approximate surface area is 179 Å². The maximum Gasteiger partial charge on any atom is 0.323 e. The highest BCUT2D eigenvalue weighted by molar-refractivity contribution is 5.93. The topological polar surface area (TPSA) is 90.5 Å². The van der Waals surface area contributed by atoms with E-state index in [0.717, 1.165) is 11.1 Å². The summed E-state index contributed by atoms with van der Waals surface area (Å²) >= 11 is 0. The van der Waals surface area contributed by atoms with Crippen molar-refractivity contribution in [3.05, 3.63) is 53.2 Å². The predicted molar refractivity (Wildman–Crippen MR) is 112 cm³/mol. The van der Waals surface area contributed by atoms with Gasteiger partial charge in [0.15, 0.2) is 11.5 Å². The van der Waals surface area contributed by atoms with Gasteiger partial charge in [-0.25, -0.2) is 9.18 Å². The molecule has 2 saturated heterocycles. The van der Waals surface area contributed by atoms with Crippen LogP contribution in [0.1, 0.15) is 34.5 Å². The second-order valence-corrected chi connectivity index (χ2v) is 8.63. The van der Waals surface area contributed by atoms with E-state index in [9.17, 15) is 14.0 Å². The number of hydrogen-bond acceptors (Lipinski definition) is 5. The number of alkyl halides is 1. The van der Waals surface area contributed by atoms with E-state index in [1.54, 1.807) is 21.9 Å². The molecule has 8 nitrogen and oxygen atoms in total. The molecule has 1 spiro atoms. The van der Waals surface area contributed by atoms with Gasteiger partial charge in [0, 0.05) is 38.1 Å². The number of amides is 3. The Bertz CT molecular complexity index is 975. The number of nitrogens with one attached hydrogen (secondary N) is 2. The third-order valence-corrected chi connectivity index (χ3v) is 6.64. The largest absolute Gasteiger partial charge is 0.337 e. The van der Waals surface area contributed by atoms with Crippen molar-refractivity contribution in [2.24, 2.45) is 5.41 Å². The molecule has 0 saturated carbocycles. The highest BCUT2D eigenvalue weighted by Gasteiger charge is 2.47. The molecule has 4 heterocycles. The Morgan fingerprint density at radius 2 is 1.87 bits per heavy atom. The van der Waals surface area contributed by atoms with Gasteiger partial charge in [-0.2, -0.15) is 0 Å². The predicted octanol–water partition coefficient (Wildman–Crippen LogP) is 2.19. The van der Waals surface area contributed by atoms with Crippen LogP contribution in [0.25, 0.3) is 0 Å². The van der Waals surface area contributed by atoms with E-state index in [1.165, 1.54) is 0 Å². The standard InChI is InChI=1S/C22H25FN6O2/c23-18-7-9-24-13-22(18)8-10-28(14-22)20(30)17-5-6-19(27-26-17)25-21(31)29-11-15-3-1-2-4-16(15)12-29/h1-6,18,24H,7-14H2,(H,25,27,31). The molecular weight excluding hydrogens is 399 g/mol. The van der Waals surface area contributed by atoms with Gasteiger partial charge >= 0.3 is 6.03 Å². The first-order chi connectivity index (χ1) is 15.0. The third-order valence-electron chi connectivity index (χ3n) is 6.64. The summed E-state index contributed by atoms with van der Waals surface area (Å²) < 4.78 is 14.5. The molecule has 2 N–H and O–H groups in total. The molecule has 2 fully saturated rings. The summed E-state index contributed by atoms with van der Waals surface area (Å²) in [6.45, 7) is 3.26. The second kappa shape index (κ2) is 7.88.